The Labute approximate surface area is 211 Å². The lowest BCUT2D eigenvalue weighted by atomic mass is 10.1. The molecule has 0 unspecified atom stereocenters. The highest BCUT2D eigenvalue weighted by Crippen LogP contribution is 2.50. The molecule has 0 radical (unpaired) electrons. The van der Waals surface area contributed by atoms with Crippen molar-refractivity contribution >= 4 is 56.9 Å². The molecule has 2 aliphatic rings. The van der Waals surface area contributed by atoms with Crippen LogP contribution in [0.15, 0.2) is 105 Å². The first-order chi connectivity index (χ1) is 17.1. The van der Waals surface area contributed by atoms with Gasteiger partial charge in [0.25, 0.3) is 5.91 Å². The van der Waals surface area contributed by atoms with Gasteiger partial charge in [-0.2, -0.15) is 0 Å². The van der Waals surface area contributed by atoms with E-state index < -0.39 is 0 Å². The Morgan fingerprint density at radius 1 is 0.943 bits per heavy atom. The van der Waals surface area contributed by atoms with Crippen LogP contribution in [0, 0.1) is 0 Å². The SMILES string of the molecule is CN1C(=C2SC(=Nc3ccc(O)c4ncccc34)N(Cc3ccccc3)C2=O)Sc2ccccc21. The van der Waals surface area contributed by atoms with Crippen molar-refractivity contribution in [1.82, 2.24) is 9.88 Å². The maximum absolute atomic E-state index is 13.8. The zero-order valence-corrected chi connectivity index (χ0v) is 20.4. The maximum atomic E-state index is 13.8. The van der Waals surface area contributed by atoms with Crippen LogP contribution in [-0.4, -0.2) is 33.1 Å². The molecule has 0 spiro atoms. The van der Waals surface area contributed by atoms with E-state index in [4.69, 9.17) is 4.99 Å². The highest BCUT2D eigenvalue weighted by Gasteiger charge is 2.39. The van der Waals surface area contributed by atoms with Crippen LogP contribution in [0.5, 0.6) is 5.75 Å². The fourth-order valence-corrected chi connectivity index (χ4v) is 6.50. The molecule has 8 heteroatoms. The van der Waals surface area contributed by atoms with E-state index in [0.717, 1.165) is 26.6 Å². The van der Waals surface area contributed by atoms with E-state index in [2.05, 4.69) is 22.0 Å². The second-order valence-electron chi connectivity index (χ2n) is 8.14. The van der Waals surface area contributed by atoms with Gasteiger partial charge in [-0.15, -0.1) is 0 Å². The van der Waals surface area contributed by atoms with Crippen molar-refractivity contribution in [2.24, 2.45) is 4.99 Å². The molecule has 0 bridgehead atoms. The fourth-order valence-electron chi connectivity index (χ4n) is 4.17. The summed E-state index contributed by atoms with van der Waals surface area (Å²) in [7, 11) is 1.99. The Balaban J connectivity index is 1.46. The molecule has 1 N–H and O–H groups in total. The van der Waals surface area contributed by atoms with E-state index in [9.17, 15) is 9.90 Å². The summed E-state index contributed by atoms with van der Waals surface area (Å²) in [5, 5.41) is 12.5. The summed E-state index contributed by atoms with van der Waals surface area (Å²) in [5.41, 5.74) is 3.25. The Morgan fingerprint density at radius 3 is 2.57 bits per heavy atom. The Kier molecular flexibility index (Phi) is 5.47. The van der Waals surface area contributed by atoms with Crippen LogP contribution in [0.25, 0.3) is 10.9 Å². The molecular weight excluding hydrogens is 476 g/mol. The minimum atomic E-state index is -0.0685. The lowest BCUT2D eigenvalue weighted by molar-refractivity contribution is -0.122. The number of para-hydroxylation sites is 1. The van der Waals surface area contributed by atoms with Crippen LogP contribution in [0.4, 0.5) is 11.4 Å². The Morgan fingerprint density at radius 2 is 1.74 bits per heavy atom. The number of benzene rings is 3. The molecule has 0 saturated carbocycles. The summed E-state index contributed by atoms with van der Waals surface area (Å²) in [6.07, 6.45) is 1.64. The molecule has 1 fully saturated rings. The van der Waals surface area contributed by atoms with Crippen molar-refractivity contribution in [2.45, 2.75) is 11.4 Å². The third kappa shape index (κ3) is 3.84. The van der Waals surface area contributed by atoms with E-state index >= 15 is 0 Å². The van der Waals surface area contributed by atoms with Gasteiger partial charge in [-0.1, -0.05) is 54.2 Å². The monoisotopic (exact) mass is 496 g/mol. The minimum absolute atomic E-state index is 0.0685. The third-order valence-electron chi connectivity index (χ3n) is 5.92. The lowest BCUT2D eigenvalue weighted by Gasteiger charge is -2.17. The zero-order chi connectivity index (χ0) is 23.9. The number of amides is 1. The number of hydrogen-bond acceptors (Lipinski definition) is 7. The second-order valence-corrected chi connectivity index (χ2v) is 10.1. The van der Waals surface area contributed by atoms with Crippen molar-refractivity contribution in [3.05, 3.63) is 101 Å². The first-order valence-corrected chi connectivity index (χ1v) is 12.7. The van der Waals surface area contributed by atoms with Crippen LogP contribution >= 0.6 is 23.5 Å². The van der Waals surface area contributed by atoms with Gasteiger partial charge >= 0.3 is 0 Å². The summed E-state index contributed by atoms with van der Waals surface area (Å²) in [4.78, 5) is 28.6. The highest BCUT2D eigenvalue weighted by atomic mass is 32.2. The van der Waals surface area contributed by atoms with E-state index in [0.29, 0.717) is 27.8 Å². The van der Waals surface area contributed by atoms with Crippen molar-refractivity contribution in [2.75, 3.05) is 11.9 Å². The first-order valence-electron chi connectivity index (χ1n) is 11.0. The Bertz CT molecular complexity index is 1540. The number of aromatic nitrogens is 1. The predicted molar refractivity (Wildman–Crippen MR) is 143 cm³/mol. The van der Waals surface area contributed by atoms with E-state index in [1.54, 1.807) is 35.0 Å². The predicted octanol–water partition coefficient (Wildman–Crippen LogP) is 6.11. The average Bonchev–Trinajstić information content (AvgIpc) is 3.38. The number of pyridine rings is 1. The number of aliphatic imine (C=N–C) groups is 1. The topological polar surface area (TPSA) is 69.0 Å². The number of amidine groups is 1. The molecule has 2 aliphatic heterocycles. The number of aromatic hydroxyl groups is 1. The van der Waals surface area contributed by atoms with E-state index in [-0.39, 0.29) is 11.7 Å². The van der Waals surface area contributed by atoms with Crippen molar-refractivity contribution in [3.8, 4) is 5.75 Å². The molecule has 3 aromatic carbocycles. The van der Waals surface area contributed by atoms with E-state index in [1.165, 1.54) is 11.8 Å². The number of rotatable bonds is 3. The normalized spacial score (nSPS) is 18.7. The maximum Gasteiger partial charge on any atom is 0.269 e. The molecule has 4 aromatic rings. The highest BCUT2D eigenvalue weighted by molar-refractivity contribution is 8.19. The van der Waals surface area contributed by atoms with Gasteiger partial charge in [0.2, 0.25) is 0 Å². The number of phenols is 1. The molecule has 6 rings (SSSR count). The van der Waals surface area contributed by atoms with Crippen LogP contribution in [0.2, 0.25) is 0 Å². The Hall–Kier alpha value is -3.75. The van der Waals surface area contributed by atoms with Gasteiger partial charge < -0.3 is 10.0 Å². The summed E-state index contributed by atoms with van der Waals surface area (Å²) < 4.78 is 0. The third-order valence-corrected chi connectivity index (χ3v) is 8.35. The molecule has 1 saturated heterocycles. The van der Waals surface area contributed by atoms with Gasteiger partial charge in [-0.05, 0) is 53.7 Å². The van der Waals surface area contributed by atoms with Crippen LogP contribution < -0.4 is 4.90 Å². The van der Waals surface area contributed by atoms with E-state index in [1.807, 2.05) is 61.6 Å². The molecule has 1 aromatic heterocycles. The quantitative estimate of drug-likeness (QED) is 0.345. The molecular formula is C27H20N4O2S2. The molecule has 3 heterocycles. The fraction of sp³-hybridized carbons (Fsp3) is 0.0741. The number of nitrogens with zero attached hydrogens (tertiary/aromatic N) is 4. The van der Waals surface area contributed by atoms with Crippen LogP contribution in [-0.2, 0) is 11.3 Å². The number of carbonyl (C=O) groups excluding carboxylic acids is 1. The molecule has 172 valence electrons. The number of carbonyl (C=O) groups is 1. The van der Waals surface area contributed by atoms with Crippen LogP contribution in [0.3, 0.4) is 0 Å². The van der Waals surface area contributed by atoms with Gasteiger partial charge in [0.05, 0.1) is 22.9 Å². The average molecular weight is 497 g/mol. The first kappa shape index (κ1) is 21.8. The van der Waals surface area contributed by atoms with Crippen molar-refractivity contribution in [3.63, 3.8) is 0 Å². The van der Waals surface area contributed by atoms with Crippen LogP contribution in [0.1, 0.15) is 5.56 Å². The zero-order valence-electron chi connectivity index (χ0n) is 18.8. The summed E-state index contributed by atoms with van der Waals surface area (Å²) in [5.74, 6) is 0.0337. The smallest absolute Gasteiger partial charge is 0.269 e. The van der Waals surface area contributed by atoms with Gasteiger partial charge in [-0.25, -0.2) is 4.99 Å². The largest absolute Gasteiger partial charge is 0.506 e. The lowest BCUT2D eigenvalue weighted by Crippen LogP contribution is -2.29. The van der Waals surface area contributed by atoms with Crippen molar-refractivity contribution in [1.29, 1.82) is 0 Å². The number of fused-ring (bicyclic) bond motifs is 2. The number of anilines is 1. The molecule has 0 aliphatic carbocycles. The number of phenolic OH excluding ortho intramolecular Hbond substituents is 1. The number of hydrogen-bond donors (Lipinski definition) is 1. The molecule has 35 heavy (non-hydrogen) atoms. The number of thioether (sulfide) groups is 2. The van der Waals surface area contributed by atoms with Gasteiger partial charge in [0.1, 0.15) is 16.2 Å². The molecule has 1 amide bonds. The summed E-state index contributed by atoms with van der Waals surface area (Å²) in [6.45, 7) is 0.415. The van der Waals surface area contributed by atoms with Gasteiger partial charge in [-0.3, -0.25) is 14.7 Å². The second kappa shape index (κ2) is 8.79. The van der Waals surface area contributed by atoms with Crippen molar-refractivity contribution < 1.29 is 9.90 Å². The molecule has 0 atom stereocenters. The minimum Gasteiger partial charge on any atom is -0.506 e. The molecule has 6 nitrogen and oxygen atoms in total. The van der Waals surface area contributed by atoms with Gasteiger partial charge in [0.15, 0.2) is 5.17 Å². The standard InChI is InChI=1S/C27H20N4O2S2/c1-30-20-11-5-6-12-22(20)34-26(30)24-25(33)31(16-17-8-3-2-4-9-17)27(35-24)29-19-13-14-21(32)23-18(19)10-7-15-28-23/h2-15,32H,16H2,1H3. The summed E-state index contributed by atoms with van der Waals surface area (Å²) >= 11 is 2.99. The summed E-state index contributed by atoms with van der Waals surface area (Å²) in [6, 6.07) is 25.1. The van der Waals surface area contributed by atoms with Gasteiger partial charge in [0, 0.05) is 23.5 Å².